The second kappa shape index (κ2) is 5.26. The minimum absolute atomic E-state index is 0.0418. The van der Waals surface area contributed by atoms with Gasteiger partial charge >= 0.3 is 6.09 Å². The van der Waals surface area contributed by atoms with Gasteiger partial charge in [0.2, 0.25) is 0 Å². The van der Waals surface area contributed by atoms with Crippen LogP contribution >= 0.6 is 0 Å². The number of alkyl halides is 2. The van der Waals surface area contributed by atoms with Crippen LogP contribution in [0.15, 0.2) is 30.3 Å². The molecule has 1 aromatic rings. The zero-order chi connectivity index (χ0) is 15.0. The van der Waals surface area contributed by atoms with Gasteiger partial charge in [-0.25, -0.2) is 13.6 Å². The van der Waals surface area contributed by atoms with E-state index < -0.39 is 36.6 Å². The molecule has 6 heteroatoms. The lowest BCUT2D eigenvalue weighted by Gasteiger charge is -2.22. The molecule has 114 valence electrons. The summed E-state index contributed by atoms with van der Waals surface area (Å²) in [6.07, 6.45) is -1.27. The van der Waals surface area contributed by atoms with E-state index in [-0.39, 0.29) is 19.4 Å². The molecule has 1 aliphatic carbocycles. The van der Waals surface area contributed by atoms with Crippen LogP contribution in [0.2, 0.25) is 0 Å². The summed E-state index contributed by atoms with van der Waals surface area (Å²) in [7, 11) is 0. The SMILES string of the molecule is O=C(OCc1ccccc1)N1CC(F)(F)[C@@H]2CC(O)C[C@@H]21. The predicted molar refractivity (Wildman–Crippen MR) is 70.8 cm³/mol. The Morgan fingerprint density at radius 2 is 2.05 bits per heavy atom. The summed E-state index contributed by atoms with van der Waals surface area (Å²) in [6, 6.07) is 8.45. The second-order valence-corrected chi connectivity index (χ2v) is 5.73. The molecule has 1 heterocycles. The van der Waals surface area contributed by atoms with Crippen LogP contribution in [-0.2, 0) is 11.3 Å². The highest BCUT2D eigenvalue weighted by Crippen LogP contribution is 2.47. The first kappa shape index (κ1) is 14.3. The molecule has 3 rings (SSSR count). The van der Waals surface area contributed by atoms with Crippen molar-refractivity contribution in [1.82, 2.24) is 4.90 Å². The standard InChI is InChI=1S/C15H17F2NO3/c16-15(17)9-18(13-7-11(19)6-12(13)15)14(20)21-8-10-4-2-1-3-5-10/h1-5,11-13,19H,6-9H2/t11?,12-,13+/m1/s1. The van der Waals surface area contributed by atoms with Crippen LogP contribution in [0, 0.1) is 5.92 Å². The quantitative estimate of drug-likeness (QED) is 0.912. The molecule has 1 amide bonds. The molecule has 4 nitrogen and oxygen atoms in total. The normalized spacial score (nSPS) is 30.2. The van der Waals surface area contributed by atoms with Gasteiger partial charge in [0.25, 0.3) is 5.92 Å². The number of hydrogen-bond donors (Lipinski definition) is 1. The average Bonchev–Trinajstić information content (AvgIpc) is 2.95. The van der Waals surface area contributed by atoms with Crippen molar-refractivity contribution in [3.63, 3.8) is 0 Å². The van der Waals surface area contributed by atoms with Gasteiger partial charge in [-0.2, -0.15) is 0 Å². The maximum atomic E-state index is 13.9. The highest BCUT2D eigenvalue weighted by molar-refractivity contribution is 5.69. The number of likely N-dealkylation sites (tertiary alicyclic amines) is 1. The van der Waals surface area contributed by atoms with E-state index in [4.69, 9.17) is 4.74 Å². The third-order valence-electron chi connectivity index (χ3n) is 4.27. The van der Waals surface area contributed by atoms with Gasteiger partial charge in [0.1, 0.15) is 6.61 Å². The van der Waals surface area contributed by atoms with Crippen molar-refractivity contribution in [2.45, 2.75) is 37.5 Å². The number of aliphatic hydroxyl groups is 1. The summed E-state index contributed by atoms with van der Waals surface area (Å²) in [6.45, 7) is -0.565. The summed E-state index contributed by atoms with van der Waals surface area (Å²) in [4.78, 5) is 13.1. The van der Waals surface area contributed by atoms with Crippen molar-refractivity contribution in [2.24, 2.45) is 5.92 Å². The van der Waals surface area contributed by atoms with Crippen molar-refractivity contribution in [3.8, 4) is 0 Å². The van der Waals surface area contributed by atoms with Gasteiger partial charge < -0.3 is 9.84 Å². The molecule has 0 spiro atoms. The second-order valence-electron chi connectivity index (χ2n) is 5.73. The molecule has 1 aliphatic heterocycles. The number of carbonyl (C=O) groups is 1. The Morgan fingerprint density at radius 3 is 2.76 bits per heavy atom. The molecule has 1 saturated heterocycles. The van der Waals surface area contributed by atoms with Crippen LogP contribution in [0.4, 0.5) is 13.6 Å². The van der Waals surface area contributed by atoms with Crippen molar-refractivity contribution in [2.75, 3.05) is 6.54 Å². The smallest absolute Gasteiger partial charge is 0.410 e. The Morgan fingerprint density at radius 1 is 1.33 bits per heavy atom. The summed E-state index contributed by atoms with van der Waals surface area (Å²) in [5.74, 6) is -3.91. The Labute approximate surface area is 121 Å². The zero-order valence-electron chi connectivity index (χ0n) is 11.4. The number of nitrogens with zero attached hydrogens (tertiary/aromatic N) is 1. The van der Waals surface area contributed by atoms with E-state index in [9.17, 15) is 18.7 Å². The molecule has 1 unspecified atom stereocenters. The Balaban J connectivity index is 1.65. The third kappa shape index (κ3) is 2.72. The fraction of sp³-hybridized carbons (Fsp3) is 0.533. The molecule has 21 heavy (non-hydrogen) atoms. The van der Waals surface area contributed by atoms with Crippen LogP contribution in [0.3, 0.4) is 0 Å². The average molecular weight is 297 g/mol. The van der Waals surface area contributed by atoms with Crippen LogP contribution in [0.25, 0.3) is 0 Å². The van der Waals surface area contributed by atoms with E-state index in [0.29, 0.717) is 0 Å². The van der Waals surface area contributed by atoms with Gasteiger partial charge in [-0.1, -0.05) is 30.3 Å². The Kier molecular flexibility index (Phi) is 3.57. The topological polar surface area (TPSA) is 49.8 Å². The lowest BCUT2D eigenvalue weighted by Crippen LogP contribution is -2.37. The number of benzene rings is 1. The number of amides is 1. The number of carbonyl (C=O) groups excluding carboxylic acids is 1. The van der Waals surface area contributed by atoms with Crippen LogP contribution < -0.4 is 0 Å². The number of hydrogen-bond acceptors (Lipinski definition) is 3. The molecule has 0 aromatic heterocycles. The summed E-state index contributed by atoms with van der Waals surface area (Å²) in [5.41, 5.74) is 0.805. The minimum Gasteiger partial charge on any atom is -0.445 e. The molecule has 1 aromatic carbocycles. The Hall–Kier alpha value is -1.69. The van der Waals surface area contributed by atoms with Gasteiger partial charge in [0.05, 0.1) is 12.6 Å². The minimum atomic E-state index is -2.95. The van der Waals surface area contributed by atoms with Crippen LogP contribution in [-0.4, -0.2) is 40.7 Å². The van der Waals surface area contributed by atoms with Crippen LogP contribution in [0.5, 0.6) is 0 Å². The zero-order valence-corrected chi connectivity index (χ0v) is 11.4. The largest absolute Gasteiger partial charge is 0.445 e. The number of ether oxygens (including phenoxy) is 1. The highest BCUT2D eigenvalue weighted by Gasteiger charge is 2.59. The maximum absolute atomic E-state index is 13.9. The van der Waals surface area contributed by atoms with E-state index in [0.717, 1.165) is 10.5 Å². The molecule has 3 atom stereocenters. The van der Waals surface area contributed by atoms with Gasteiger partial charge in [-0.3, -0.25) is 4.90 Å². The third-order valence-corrected chi connectivity index (χ3v) is 4.27. The predicted octanol–water partition coefficient (Wildman–Crippen LogP) is 2.41. The van der Waals surface area contributed by atoms with E-state index in [2.05, 4.69) is 0 Å². The molecule has 0 bridgehead atoms. The molecule has 2 aliphatic rings. The first-order valence-corrected chi connectivity index (χ1v) is 7.00. The molecule has 0 radical (unpaired) electrons. The fourth-order valence-corrected chi connectivity index (χ4v) is 3.25. The lowest BCUT2D eigenvalue weighted by molar-refractivity contribution is -0.0346. The molecule has 2 fully saturated rings. The number of fused-ring (bicyclic) bond motifs is 1. The number of halogens is 2. The van der Waals surface area contributed by atoms with Crippen LogP contribution in [0.1, 0.15) is 18.4 Å². The summed E-state index contributed by atoms with van der Waals surface area (Å²) >= 11 is 0. The van der Waals surface area contributed by atoms with Crippen molar-refractivity contribution in [1.29, 1.82) is 0 Å². The van der Waals surface area contributed by atoms with Gasteiger partial charge in [-0.15, -0.1) is 0 Å². The first-order chi connectivity index (χ1) is 9.97. The monoisotopic (exact) mass is 297 g/mol. The molecule has 1 saturated carbocycles. The maximum Gasteiger partial charge on any atom is 0.410 e. The fourth-order valence-electron chi connectivity index (χ4n) is 3.25. The summed E-state index contributed by atoms with van der Waals surface area (Å²) < 4.78 is 32.9. The van der Waals surface area contributed by atoms with Crippen molar-refractivity contribution < 1.29 is 23.4 Å². The van der Waals surface area contributed by atoms with Crippen molar-refractivity contribution in [3.05, 3.63) is 35.9 Å². The van der Waals surface area contributed by atoms with E-state index in [1.54, 1.807) is 12.1 Å². The molecular formula is C15H17F2NO3. The van der Waals surface area contributed by atoms with Gasteiger partial charge in [-0.05, 0) is 18.4 Å². The van der Waals surface area contributed by atoms with E-state index >= 15 is 0 Å². The first-order valence-electron chi connectivity index (χ1n) is 7.00. The van der Waals surface area contributed by atoms with E-state index in [1.165, 1.54) is 0 Å². The molecule has 1 N–H and O–H groups in total. The molecular weight excluding hydrogens is 280 g/mol. The van der Waals surface area contributed by atoms with Gasteiger partial charge in [0.15, 0.2) is 0 Å². The number of rotatable bonds is 2. The van der Waals surface area contributed by atoms with Crippen molar-refractivity contribution >= 4 is 6.09 Å². The van der Waals surface area contributed by atoms with Gasteiger partial charge in [0, 0.05) is 12.0 Å². The summed E-state index contributed by atoms with van der Waals surface area (Å²) in [5, 5.41) is 9.56. The van der Waals surface area contributed by atoms with E-state index in [1.807, 2.05) is 18.2 Å². The Bertz CT molecular complexity index is 523. The lowest BCUT2D eigenvalue weighted by atomic mass is 10.0. The highest BCUT2D eigenvalue weighted by atomic mass is 19.3. The number of aliphatic hydroxyl groups excluding tert-OH is 1.